The Kier molecular flexibility index (Phi) is 16.6. The van der Waals surface area contributed by atoms with Gasteiger partial charge in [0.2, 0.25) is 0 Å². The van der Waals surface area contributed by atoms with Crippen LogP contribution in [0.1, 0.15) is 38.5 Å². The molecule has 4 fully saturated rings. The van der Waals surface area contributed by atoms with Crippen LogP contribution in [0.15, 0.2) is 9.59 Å². The maximum absolute atomic E-state index is 12.3. The van der Waals surface area contributed by atoms with Gasteiger partial charge in [-0.3, -0.25) is 19.2 Å². The van der Waals surface area contributed by atoms with E-state index in [1.807, 2.05) is 0 Å². The van der Waals surface area contributed by atoms with Crippen LogP contribution in [-0.4, -0.2) is 206 Å². The zero-order valence-electron chi connectivity index (χ0n) is 31.5. The van der Waals surface area contributed by atoms with E-state index < -0.39 is 141 Å². The van der Waals surface area contributed by atoms with Gasteiger partial charge in [0, 0.05) is 32.4 Å². The number of anilines is 2. The van der Waals surface area contributed by atoms with Gasteiger partial charge in [0.1, 0.15) is 84.6 Å². The molecular weight excluding hydrogens is 802 g/mol. The van der Waals surface area contributed by atoms with Gasteiger partial charge < -0.3 is 95.0 Å². The Morgan fingerprint density at radius 2 is 1.14 bits per heavy atom. The van der Waals surface area contributed by atoms with Gasteiger partial charge in [-0.05, 0) is 12.8 Å². The molecule has 25 heteroatoms. The lowest BCUT2D eigenvalue weighted by Crippen LogP contribution is -2.65. The fourth-order valence-corrected chi connectivity index (χ4v) is 6.74. The molecule has 0 aliphatic carbocycles. The van der Waals surface area contributed by atoms with Crippen molar-refractivity contribution in [1.29, 1.82) is 0 Å². The predicted octanol–water partition coefficient (Wildman–Crippen LogP) is -7.26. The van der Waals surface area contributed by atoms with E-state index in [1.54, 1.807) is 0 Å². The van der Waals surface area contributed by atoms with Crippen molar-refractivity contribution < 1.29 is 98.7 Å². The molecule has 4 aliphatic heterocycles. The molecule has 0 radical (unpaired) electrons. The number of imide groups is 1. The third-order valence-corrected chi connectivity index (χ3v) is 10.2. The van der Waals surface area contributed by atoms with Crippen LogP contribution >= 0.6 is 0 Å². The van der Waals surface area contributed by atoms with Crippen molar-refractivity contribution in [3.63, 3.8) is 0 Å². The summed E-state index contributed by atoms with van der Waals surface area (Å²) in [5, 5.41) is 109. The summed E-state index contributed by atoms with van der Waals surface area (Å²) in [6.45, 7) is -2.49. The van der Waals surface area contributed by atoms with Crippen LogP contribution in [0.25, 0.3) is 0 Å². The van der Waals surface area contributed by atoms with Crippen molar-refractivity contribution in [1.82, 2.24) is 5.06 Å². The lowest BCUT2D eigenvalue weighted by atomic mass is 9.96. The highest BCUT2D eigenvalue weighted by molar-refractivity contribution is 6.01. The number of ether oxygens (including phenoxy) is 6. The second kappa shape index (κ2) is 21.0. The minimum absolute atomic E-state index is 0.00376. The molecule has 4 saturated heterocycles. The molecule has 0 aromatic heterocycles. The molecule has 59 heavy (non-hydrogen) atoms. The number of hydroxylamine groups is 2. The molecule has 12 N–H and O–H groups in total. The van der Waals surface area contributed by atoms with Crippen molar-refractivity contribution in [2.24, 2.45) is 0 Å². The number of nitrogens with zero attached hydrogens (tertiary/aromatic N) is 1. The molecule has 0 unspecified atom stereocenters. The zero-order valence-corrected chi connectivity index (χ0v) is 31.5. The Balaban J connectivity index is 1.14. The smallest absolute Gasteiger partial charge is 0.333 e. The number of amides is 2. The lowest BCUT2D eigenvalue weighted by molar-refractivity contribution is -0.365. The topological polar surface area (TPSA) is 380 Å². The Bertz CT molecular complexity index is 1620. The summed E-state index contributed by atoms with van der Waals surface area (Å²) in [4.78, 5) is 64.5. The van der Waals surface area contributed by atoms with Gasteiger partial charge >= 0.3 is 5.97 Å². The summed E-state index contributed by atoms with van der Waals surface area (Å²) in [5.41, 5.74) is -1.67. The average Bonchev–Trinajstić information content (AvgIpc) is 3.54. The van der Waals surface area contributed by atoms with Crippen molar-refractivity contribution in [3.05, 3.63) is 20.4 Å². The quantitative estimate of drug-likeness (QED) is 0.0329. The largest absolute Gasteiger partial charge is 0.394 e. The van der Waals surface area contributed by atoms with Gasteiger partial charge in [0.25, 0.3) is 22.7 Å². The Morgan fingerprint density at radius 1 is 0.610 bits per heavy atom. The third-order valence-electron chi connectivity index (χ3n) is 10.2. The van der Waals surface area contributed by atoms with E-state index >= 15 is 0 Å². The number of carbonyl (C=O) groups excluding carboxylic acids is 3. The molecule has 0 spiro atoms. The van der Waals surface area contributed by atoms with E-state index in [2.05, 4.69) is 10.6 Å². The Morgan fingerprint density at radius 3 is 1.73 bits per heavy atom. The highest BCUT2D eigenvalue weighted by atomic mass is 16.8. The molecule has 25 nitrogen and oxygen atoms in total. The zero-order chi connectivity index (χ0) is 43.1. The molecule has 4 aliphatic rings. The number of hydrogen-bond acceptors (Lipinski definition) is 24. The molecule has 15 atom stereocenters. The molecule has 4 heterocycles. The van der Waals surface area contributed by atoms with Crippen LogP contribution in [0, 0.1) is 0 Å². The monoisotopic (exact) mass is 853 g/mol. The Labute approximate surface area is 334 Å². The third kappa shape index (κ3) is 10.8. The molecule has 5 rings (SSSR count). The first-order valence-electron chi connectivity index (χ1n) is 19.0. The highest BCUT2D eigenvalue weighted by Gasteiger charge is 2.52. The van der Waals surface area contributed by atoms with Gasteiger partial charge in [-0.2, -0.15) is 0 Å². The van der Waals surface area contributed by atoms with Gasteiger partial charge in [0.05, 0.1) is 26.4 Å². The van der Waals surface area contributed by atoms with Crippen LogP contribution in [0.2, 0.25) is 0 Å². The van der Waals surface area contributed by atoms with Gasteiger partial charge in [-0.1, -0.05) is 6.42 Å². The molecular formula is C34H51N3O22. The first-order chi connectivity index (χ1) is 28.1. The first kappa shape index (κ1) is 46.7. The number of hydrogen-bond donors (Lipinski definition) is 12. The van der Waals surface area contributed by atoms with Crippen LogP contribution in [0.5, 0.6) is 0 Å². The molecule has 334 valence electrons. The van der Waals surface area contributed by atoms with E-state index in [0.29, 0.717) is 24.3 Å². The summed E-state index contributed by atoms with van der Waals surface area (Å²) < 4.78 is 33.2. The van der Waals surface area contributed by atoms with Crippen molar-refractivity contribution in [3.8, 4) is 0 Å². The van der Waals surface area contributed by atoms with Crippen LogP contribution < -0.4 is 21.5 Å². The average molecular weight is 854 g/mol. The standard InChI is InChI=1S/C34H51N3O22/c38-10-13-21(43)26(48)28(50)32(55-13)54-12-15-23(45)31(58-34-29(51)27(49)22(44)14(11-39)56-34)30(52)33(57-15)53-9-8-36-20-19(24(46)25(20)47)35-7-3-1-2-4-18(42)59-37-16(40)5-6-17(37)41/h13-15,21-23,26-36,38-39,43-45,48-52H,1-12H2/t13-,14-,15-,21-,22-,23-,26+,27+,28+,29+,30+,31+,32+,33-,34-/m1/s1. The molecule has 1 aromatic carbocycles. The van der Waals surface area contributed by atoms with Crippen LogP contribution in [-0.2, 0) is 47.6 Å². The summed E-state index contributed by atoms with van der Waals surface area (Å²) in [6, 6.07) is 0. The summed E-state index contributed by atoms with van der Waals surface area (Å²) in [5.74, 6) is -1.92. The number of rotatable bonds is 20. The van der Waals surface area contributed by atoms with Crippen molar-refractivity contribution in [2.75, 3.05) is 50.2 Å². The predicted molar refractivity (Wildman–Crippen MR) is 189 cm³/mol. The lowest BCUT2D eigenvalue weighted by Gasteiger charge is -2.46. The maximum Gasteiger partial charge on any atom is 0.333 e. The number of carbonyl (C=O) groups is 3. The van der Waals surface area contributed by atoms with E-state index in [-0.39, 0.29) is 50.3 Å². The minimum Gasteiger partial charge on any atom is -0.394 e. The van der Waals surface area contributed by atoms with E-state index in [4.69, 9.17) is 33.3 Å². The number of nitrogens with one attached hydrogen (secondary N) is 2. The molecule has 2 amide bonds. The first-order valence-corrected chi connectivity index (χ1v) is 19.0. The SMILES string of the molecule is O=C(CCCCCNc1c(NCCO[C@@H]2O[C@H](CO[C@H]3O[C@H](CO)[C@@H](O)[C@H](O)[C@@H]3O)[C@@H](O)[C@H](O[C@H]3O[C@H](CO)[C@@H](O)[C@H](O)[C@@H]3O)[C@@H]2O)c(=O)c1=O)ON1C(=O)CCC1=O. The number of aliphatic hydroxyl groups excluding tert-OH is 10. The summed E-state index contributed by atoms with van der Waals surface area (Å²) in [7, 11) is 0. The molecule has 0 saturated carbocycles. The van der Waals surface area contributed by atoms with Gasteiger partial charge in [0.15, 0.2) is 18.9 Å². The van der Waals surface area contributed by atoms with E-state index in [0.717, 1.165) is 0 Å². The normalized spacial score (nSPS) is 36.6. The second-order valence-corrected chi connectivity index (χ2v) is 14.3. The fraction of sp³-hybridized carbons (Fsp3) is 0.794. The molecule has 0 bridgehead atoms. The number of unbranched alkanes of at least 4 members (excludes halogenated alkanes) is 2. The Hall–Kier alpha value is -3.35. The minimum atomic E-state index is -1.94. The van der Waals surface area contributed by atoms with E-state index in [9.17, 15) is 75.0 Å². The maximum atomic E-state index is 12.3. The van der Waals surface area contributed by atoms with Crippen LogP contribution in [0.4, 0.5) is 11.4 Å². The van der Waals surface area contributed by atoms with Gasteiger partial charge in [-0.25, -0.2) is 4.79 Å². The van der Waals surface area contributed by atoms with Crippen molar-refractivity contribution >= 4 is 29.2 Å². The summed E-state index contributed by atoms with van der Waals surface area (Å²) in [6.07, 6.45) is -24.6. The van der Waals surface area contributed by atoms with E-state index in [1.165, 1.54) is 0 Å². The van der Waals surface area contributed by atoms with Crippen LogP contribution in [0.3, 0.4) is 0 Å². The van der Waals surface area contributed by atoms with Gasteiger partial charge in [-0.15, -0.1) is 5.06 Å². The summed E-state index contributed by atoms with van der Waals surface area (Å²) >= 11 is 0. The van der Waals surface area contributed by atoms with Crippen molar-refractivity contribution in [2.45, 2.75) is 131 Å². The number of aliphatic hydroxyl groups is 10. The second-order valence-electron chi connectivity index (χ2n) is 14.3. The highest BCUT2D eigenvalue weighted by Crippen LogP contribution is 2.31. The molecule has 1 aromatic rings. The fourth-order valence-electron chi connectivity index (χ4n) is 6.74.